The minimum atomic E-state index is -1.19. The van der Waals surface area contributed by atoms with E-state index in [9.17, 15) is 14.0 Å². The van der Waals surface area contributed by atoms with Crippen molar-refractivity contribution >= 4 is 11.9 Å². The van der Waals surface area contributed by atoms with E-state index in [4.69, 9.17) is 15.9 Å². The van der Waals surface area contributed by atoms with E-state index in [2.05, 4.69) is 0 Å². The van der Waals surface area contributed by atoms with Crippen molar-refractivity contribution in [2.24, 2.45) is 11.7 Å². The lowest BCUT2D eigenvalue weighted by Gasteiger charge is -2.14. The van der Waals surface area contributed by atoms with Crippen LogP contribution in [0.4, 0.5) is 4.39 Å². The van der Waals surface area contributed by atoms with Gasteiger partial charge in [-0.2, -0.15) is 0 Å². The zero-order valence-electron chi connectivity index (χ0n) is 9.77. The number of rotatable bonds is 10. The van der Waals surface area contributed by atoms with Gasteiger partial charge < -0.3 is 15.9 Å². The van der Waals surface area contributed by atoms with E-state index in [-0.39, 0.29) is 13.1 Å². The van der Waals surface area contributed by atoms with E-state index in [1.165, 1.54) is 0 Å². The monoisotopic (exact) mass is 249 g/mol. The van der Waals surface area contributed by atoms with Gasteiger partial charge in [-0.3, -0.25) is 14.0 Å². The number of carboxylic acids is 2. The van der Waals surface area contributed by atoms with Crippen molar-refractivity contribution in [2.75, 3.05) is 6.67 Å². The Bertz CT molecular complexity index is 248. The van der Waals surface area contributed by atoms with Gasteiger partial charge in [-0.25, -0.2) is 0 Å². The second-order valence-electron chi connectivity index (χ2n) is 4.11. The first-order chi connectivity index (χ1) is 7.99. The van der Waals surface area contributed by atoms with Crippen molar-refractivity contribution in [1.82, 2.24) is 0 Å². The van der Waals surface area contributed by atoms with E-state index in [1.807, 2.05) is 0 Å². The van der Waals surface area contributed by atoms with E-state index >= 15 is 0 Å². The summed E-state index contributed by atoms with van der Waals surface area (Å²) in [6, 6.07) is -1.14. The summed E-state index contributed by atoms with van der Waals surface area (Å²) < 4.78 is 11.8. The van der Waals surface area contributed by atoms with Gasteiger partial charge in [0.05, 0.1) is 12.6 Å². The molecule has 5 nitrogen and oxygen atoms in total. The van der Waals surface area contributed by atoms with Crippen LogP contribution in [0.1, 0.15) is 38.5 Å². The molecule has 1 unspecified atom stereocenters. The first kappa shape index (κ1) is 15.8. The Morgan fingerprint density at radius 3 is 2.12 bits per heavy atom. The molecule has 0 amide bonds. The highest BCUT2D eigenvalue weighted by Crippen LogP contribution is 2.16. The summed E-state index contributed by atoms with van der Waals surface area (Å²) in [4.78, 5) is 21.4. The molecule has 0 aromatic heterocycles. The van der Waals surface area contributed by atoms with Crippen LogP contribution in [-0.4, -0.2) is 34.9 Å². The number of hydrogen-bond donors (Lipinski definition) is 3. The molecule has 0 saturated heterocycles. The van der Waals surface area contributed by atoms with Gasteiger partial charge in [-0.1, -0.05) is 19.3 Å². The average Bonchev–Trinajstić information content (AvgIpc) is 2.26. The predicted octanol–water partition coefficient (Wildman–Crippen LogP) is 1.41. The van der Waals surface area contributed by atoms with E-state index in [0.717, 1.165) is 12.8 Å². The Balaban J connectivity index is 3.91. The molecule has 0 heterocycles. The van der Waals surface area contributed by atoms with Crippen LogP contribution >= 0.6 is 0 Å². The fourth-order valence-corrected chi connectivity index (χ4v) is 1.59. The maximum atomic E-state index is 11.8. The second-order valence-corrected chi connectivity index (χ2v) is 4.11. The van der Waals surface area contributed by atoms with Gasteiger partial charge in [0.2, 0.25) is 0 Å². The lowest BCUT2D eigenvalue weighted by molar-refractivity contribution is -0.143. The van der Waals surface area contributed by atoms with Gasteiger partial charge in [-0.15, -0.1) is 0 Å². The maximum absolute atomic E-state index is 11.8. The van der Waals surface area contributed by atoms with Gasteiger partial charge in [0.15, 0.2) is 0 Å². The first-order valence-corrected chi connectivity index (χ1v) is 5.76. The Hall–Kier alpha value is -1.17. The van der Waals surface area contributed by atoms with Crippen LogP contribution in [0.3, 0.4) is 0 Å². The molecule has 0 spiro atoms. The third-order valence-corrected chi connectivity index (χ3v) is 2.64. The van der Waals surface area contributed by atoms with Gasteiger partial charge in [0.1, 0.15) is 6.04 Å². The summed E-state index contributed by atoms with van der Waals surface area (Å²) in [5.74, 6) is -2.94. The van der Waals surface area contributed by atoms with Crippen LogP contribution in [0.25, 0.3) is 0 Å². The molecule has 0 saturated carbocycles. The molecule has 0 fully saturated rings. The third-order valence-electron chi connectivity index (χ3n) is 2.64. The minimum Gasteiger partial charge on any atom is -0.481 e. The zero-order valence-corrected chi connectivity index (χ0v) is 9.77. The van der Waals surface area contributed by atoms with E-state index in [1.54, 1.807) is 0 Å². The fourth-order valence-electron chi connectivity index (χ4n) is 1.59. The molecular formula is C11H20FNO4. The molecule has 17 heavy (non-hydrogen) atoms. The number of carboxylic acid groups (broad SMARTS) is 2. The molecule has 0 aromatic carbocycles. The molecule has 0 aromatic rings. The van der Waals surface area contributed by atoms with Crippen LogP contribution in [0, 0.1) is 5.92 Å². The Labute approximate surface area is 99.8 Å². The summed E-state index contributed by atoms with van der Waals surface area (Å²) >= 11 is 0. The Morgan fingerprint density at radius 1 is 1.06 bits per heavy atom. The van der Waals surface area contributed by atoms with Gasteiger partial charge in [0, 0.05) is 0 Å². The fraction of sp³-hybridized carbons (Fsp3) is 0.818. The number of nitrogens with two attached hydrogens (primary N) is 1. The van der Waals surface area contributed by atoms with Crippen molar-refractivity contribution in [3.05, 3.63) is 0 Å². The summed E-state index contributed by atoms with van der Waals surface area (Å²) in [5, 5.41) is 17.5. The summed E-state index contributed by atoms with van der Waals surface area (Å²) in [7, 11) is 0. The van der Waals surface area contributed by atoms with Crippen LogP contribution in [0.15, 0.2) is 0 Å². The lowest BCUT2D eigenvalue weighted by atomic mass is 9.94. The highest BCUT2D eigenvalue weighted by Gasteiger charge is 2.23. The molecule has 0 bridgehead atoms. The summed E-state index contributed by atoms with van der Waals surface area (Å²) in [5.41, 5.74) is 5.29. The molecule has 0 aliphatic heterocycles. The number of hydrogen-bond acceptors (Lipinski definition) is 3. The standard InChI is InChI=1S/C11H20FNO4/c12-6-4-2-1-3-5-8(10(14)15)7-9(13)11(16)17/h8-9H,1-7,13H2,(H,14,15)(H,16,17)/t8?,9-/m0/s1. The quantitative estimate of drug-likeness (QED) is 0.508. The largest absolute Gasteiger partial charge is 0.481 e. The third kappa shape index (κ3) is 7.68. The van der Waals surface area contributed by atoms with Crippen molar-refractivity contribution in [1.29, 1.82) is 0 Å². The van der Waals surface area contributed by atoms with E-state index < -0.39 is 23.9 Å². The molecule has 4 N–H and O–H groups in total. The number of halogens is 1. The van der Waals surface area contributed by atoms with Crippen LogP contribution in [0.5, 0.6) is 0 Å². The van der Waals surface area contributed by atoms with Gasteiger partial charge >= 0.3 is 11.9 Å². The zero-order chi connectivity index (χ0) is 13.3. The number of alkyl halides is 1. The normalized spacial score (nSPS) is 14.2. The highest BCUT2D eigenvalue weighted by atomic mass is 19.1. The average molecular weight is 249 g/mol. The number of unbranched alkanes of at least 4 members (excludes halogenated alkanes) is 3. The number of aliphatic carboxylic acids is 2. The summed E-state index contributed by atoms with van der Waals surface area (Å²) in [6.45, 7) is -0.355. The predicted molar refractivity (Wildman–Crippen MR) is 60.4 cm³/mol. The molecule has 0 rings (SSSR count). The Morgan fingerprint density at radius 2 is 1.65 bits per heavy atom. The van der Waals surface area contributed by atoms with Crippen LogP contribution in [-0.2, 0) is 9.59 Å². The van der Waals surface area contributed by atoms with Crippen molar-refractivity contribution in [2.45, 2.75) is 44.6 Å². The summed E-state index contributed by atoms with van der Waals surface area (Å²) in [6.07, 6.45) is 2.97. The smallest absolute Gasteiger partial charge is 0.320 e. The van der Waals surface area contributed by atoms with Crippen molar-refractivity contribution < 1.29 is 24.2 Å². The van der Waals surface area contributed by atoms with Crippen molar-refractivity contribution in [3.8, 4) is 0 Å². The minimum absolute atomic E-state index is 0.0617. The van der Waals surface area contributed by atoms with Gasteiger partial charge in [-0.05, 0) is 19.3 Å². The molecule has 6 heteroatoms. The topological polar surface area (TPSA) is 101 Å². The van der Waals surface area contributed by atoms with Crippen LogP contribution < -0.4 is 5.73 Å². The lowest BCUT2D eigenvalue weighted by Crippen LogP contribution is -2.34. The second kappa shape index (κ2) is 8.92. The number of carbonyl (C=O) groups is 2. The highest BCUT2D eigenvalue weighted by molar-refractivity contribution is 5.75. The Kier molecular flexibility index (Phi) is 8.31. The molecule has 2 atom stereocenters. The van der Waals surface area contributed by atoms with Crippen molar-refractivity contribution in [3.63, 3.8) is 0 Å². The molecule has 0 aliphatic carbocycles. The molecular weight excluding hydrogens is 229 g/mol. The molecule has 0 aliphatic rings. The SMILES string of the molecule is N[C@@H](CC(CCCCCCF)C(=O)O)C(=O)O. The first-order valence-electron chi connectivity index (χ1n) is 5.76. The molecule has 100 valence electrons. The van der Waals surface area contributed by atoms with Gasteiger partial charge in [0.25, 0.3) is 0 Å². The van der Waals surface area contributed by atoms with E-state index in [0.29, 0.717) is 19.3 Å². The van der Waals surface area contributed by atoms with Crippen LogP contribution in [0.2, 0.25) is 0 Å². The maximum Gasteiger partial charge on any atom is 0.320 e. The molecule has 0 radical (unpaired) electrons.